The van der Waals surface area contributed by atoms with Gasteiger partial charge in [-0.05, 0) is 43.3 Å². The Morgan fingerprint density at radius 1 is 1.05 bits per heavy atom. The van der Waals surface area contributed by atoms with Crippen molar-refractivity contribution in [1.29, 1.82) is 0 Å². The van der Waals surface area contributed by atoms with Gasteiger partial charge in [0.05, 0.1) is 17.1 Å². The second-order valence-electron chi connectivity index (χ2n) is 4.86. The Kier molecular flexibility index (Phi) is 2.99. The maximum absolute atomic E-state index is 5.50. The van der Waals surface area contributed by atoms with E-state index in [2.05, 4.69) is 65.9 Å². The molecule has 1 N–H and O–H groups in total. The third kappa shape index (κ3) is 2.00. The lowest BCUT2D eigenvalue weighted by molar-refractivity contribution is 0.649. The molecular formula is C16H16N2S. The van der Waals surface area contributed by atoms with E-state index in [4.69, 9.17) is 12.2 Å². The third-order valence-electron chi connectivity index (χ3n) is 3.63. The van der Waals surface area contributed by atoms with Crippen molar-refractivity contribution < 1.29 is 0 Å². The largest absolute Gasteiger partial charge is 0.330 e. The standard InChI is InChI=1S/C16H16N2S/c1-11-7-6-10-14-15(11)17-16(19)18(14)12(2)13-8-4-3-5-9-13/h3-10,12H,1-2H3,(H,17,19). The van der Waals surface area contributed by atoms with Gasteiger partial charge in [-0.15, -0.1) is 0 Å². The first-order valence-electron chi connectivity index (χ1n) is 6.43. The first kappa shape index (κ1) is 12.2. The molecule has 19 heavy (non-hydrogen) atoms. The van der Waals surface area contributed by atoms with Crippen molar-refractivity contribution in [2.75, 3.05) is 0 Å². The SMILES string of the molecule is Cc1cccc2c1[nH]c(=S)n2C(C)c1ccccc1. The molecule has 0 saturated carbocycles. The molecule has 0 radical (unpaired) electrons. The molecule has 3 rings (SSSR count). The predicted molar refractivity (Wildman–Crippen MR) is 82.1 cm³/mol. The lowest BCUT2D eigenvalue weighted by Gasteiger charge is -2.15. The van der Waals surface area contributed by atoms with Gasteiger partial charge in [0.2, 0.25) is 0 Å². The van der Waals surface area contributed by atoms with Gasteiger partial charge in [0, 0.05) is 0 Å². The number of benzene rings is 2. The second kappa shape index (κ2) is 4.67. The van der Waals surface area contributed by atoms with Crippen molar-refractivity contribution in [3.8, 4) is 0 Å². The summed E-state index contributed by atoms with van der Waals surface area (Å²) in [6.45, 7) is 4.28. The number of rotatable bonds is 2. The molecule has 3 aromatic rings. The quantitative estimate of drug-likeness (QED) is 0.673. The maximum atomic E-state index is 5.50. The number of nitrogens with one attached hydrogen (secondary N) is 1. The highest BCUT2D eigenvalue weighted by molar-refractivity contribution is 7.71. The zero-order chi connectivity index (χ0) is 13.4. The molecule has 0 spiro atoms. The zero-order valence-electron chi connectivity index (χ0n) is 11.1. The minimum Gasteiger partial charge on any atom is -0.330 e. The van der Waals surface area contributed by atoms with Crippen LogP contribution in [0, 0.1) is 11.7 Å². The topological polar surface area (TPSA) is 20.7 Å². The molecule has 3 heteroatoms. The molecule has 1 aromatic heterocycles. The fourth-order valence-corrected chi connectivity index (χ4v) is 2.92. The fraction of sp³-hybridized carbons (Fsp3) is 0.188. The van der Waals surface area contributed by atoms with Crippen molar-refractivity contribution in [2.45, 2.75) is 19.9 Å². The van der Waals surface area contributed by atoms with Gasteiger partial charge in [-0.1, -0.05) is 42.5 Å². The van der Waals surface area contributed by atoms with E-state index in [0.29, 0.717) is 0 Å². The normalized spacial score (nSPS) is 12.7. The van der Waals surface area contributed by atoms with Crippen LogP contribution in [0.4, 0.5) is 0 Å². The summed E-state index contributed by atoms with van der Waals surface area (Å²) in [5.41, 5.74) is 4.79. The number of aromatic nitrogens is 2. The van der Waals surface area contributed by atoms with Crippen molar-refractivity contribution >= 4 is 23.3 Å². The lowest BCUT2D eigenvalue weighted by Crippen LogP contribution is -2.06. The molecule has 1 atom stereocenters. The predicted octanol–water partition coefficient (Wildman–Crippen LogP) is 4.62. The van der Waals surface area contributed by atoms with Gasteiger partial charge in [-0.2, -0.15) is 0 Å². The van der Waals surface area contributed by atoms with E-state index in [1.165, 1.54) is 16.6 Å². The molecule has 2 aromatic carbocycles. The Bertz CT molecular complexity index is 768. The minimum atomic E-state index is 0.226. The highest BCUT2D eigenvalue weighted by Crippen LogP contribution is 2.25. The van der Waals surface area contributed by atoms with Crippen LogP contribution in [0.1, 0.15) is 24.1 Å². The average Bonchev–Trinajstić information content (AvgIpc) is 2.77. The van der Waals surface area contributed by atoms with Gasteiger partial charge < -0.3 is 9.55 Å². The average molecular weight is 268 g/mol. The van der Waals surface area contributed by atoms with Crippen molar-refractivity contribution in [3.05, 3.63) is 64.4 Å². The molecule has 0 aliphatic rings. The first-order valence-corrected chi connectivity index (χ1v) is 6.84. The number of aryl methyl sites for hydroxylation is 1. The Balaban J connectivity index is 2.23. The number of fused-ring (bicyclic) bond motifs is 1. The summed E-state index contributed by atoms with van der Waals surface area (Å²) in [6.07, 6.45) is 0. The Labute approximate surface area is 117 Å². The van der Waals surface area contributed by atoms with E-state index in [1.54, 1.807) is 0 Å². The Hall–Kier alpha value is -1.87. The molecule has 96 valence electrons. The monoisotopic (exact) mass is 268 g/mol. The van der Waals surface area contributed by atoms with Crippen molar-refractivity contribution in [2.24, 2.45) is 0 Å². The van der Waals surface area contributed by atoms with Crippen LogP contribution in [0.15, 0.2) is 48.5 Å². The van der Waals surface area contributed by atoms with Crippen molar-refractivity contribution in [1.82, 2.24) is 9.55 Å². The molecular weight excluding hydrogens is 252 g/mol. The fourth-order valence-electron chi connectivity index (χ4n) is 2.56. The molecule has 0 amide bonds. The van der Waals surface area contributed by atoms with Gasteiger partial charge in [0.1, 0.15) is 0 Å². The third-order valence-corrected chi connectivity index (χ3v) is 3.93. The molecule has 1 unspecified atom stereocenters. The highest BCUT2D eigenvalue weighted by atomic mass is 32.1. The van der Waals surface area contributed by atoms with Crippen molar-refractivity contribution in [3.63, 3.8) is 0 Å². The summed E-state index contributed by atoms with van der Waals surface area (Å²) < 4.78 is 2.97. The van der Waals surface area contributed by atoms with Gasteiger partial charge in [0.15, 0.2) is 4.77 Å². The number of aromatic amines is 1. The smallest absolute Gasteiger partial charge is 0.178 e. The van der Waals surface area contributed by atoms with Crippen LogP contribution >= 0.6 is 12.2 Å². The molecule has 0 bridgehead atoms. The van der Waals surface area contributed by atoms with Crippen LogP contribution in [0.25, 0.3) is 11.0 Å². The van der Waals surface area contributed by atoms with E-state index in [9.17, 15) is 0 Å². The number of imidazole rings is 1. The lowest BCUT2D eigenvalue weighted by atomic mass is 10.1. The minimum absolute atomic E-state index is 0.226. The van der Waals surface area contributed by atoms with Gasteiger partial charge in [-0.25, -0.2) is 0 Å². The number of nitrogens with zero attached hydrogens (tertiary/aromatic N) is 1. The van der Waals surface area contributed by atoms with Crippen LogP contribution in [-0.4, -0.2) is 9.55 Å². The number of hydrogen-bond donors (Lipinski definition) is 1. The van der Waals surface area contributed by atoms with Gasteiger partial charge >= 0.3 is 0 Å². The Morgan fingerprint density at radius 3 is 2.53 bits per heavy atom. The van der Waals surface area contributed by atoms with Crippen LogP contribution in [0.2, 0.25) is 0 Å². The number of para-hydroxylation sites is 1. The summed E-state index contributed by atoms with van der Waals surface area (Å²) in [6, 6.07) is 17.0. The molecule has 0 aliphatic heterocycles. The van der Waals surface area contributed by atoms with Gasteiger partial charge in [-0.3, -0.25) is 0 Å². The summed E-state index contributed by atoms with van der Waals surface area (Å²) in [4.78, 5) is 3.32. The van der Waals surface area contributed by atoms with E-state index in [1.807, 2.05) is 6.07 Å². The van der Waals surface area contributed by atoms with Crippen LogP contribution in [0.3, 0.4) is 0 Å². The van der Waals surface area contributed by atoms with E-state index < -0.39 is 0 Å². The molecule has 1 heterocycles. The molecule has 0 fully saturated rings. The number of hydrogen-bond acceptors (Lipinski definition) is 1. The summed E-state index contributed by atoms with van der Waals surface area (Å²) in [5.74, 6) is 0. The van der Waals surface area contributed by atoms with Crippen LogP contribution in [0.5, 0.6) is 0 Å². The first-order chi connectivity index (χ1) is 9.18. The molecule has 2 nitrogen and oxygen atoms in total. The highest BCUT2D eigenvalue weighted by Gasteiger charge is 2.13. The Morgan fingerprint density at radius 2 is 1.79 bits per heavy atom. The van der Waals surface area contributed by atoms with Crippen LogP contribution in [-0.2, 0) is 0 Å². The second-order valence-corrected chi connectivity index (χ2v) is 5.24. The maximum Gasteiger partial charge on any atom is 0.178 e. The van der Waals surface area contributed by atoms with E-state index in [-0.39, 0.29) is 6.04 Å². The molecule has 0 saturated heterocycles. The zero-order valence-corrected chi connectivity index (χ0v) is 11.9. The summed E-state index contributed by atoms with van der Waals surface area (Å²) in [5, 5.41) is 0. The molecule has 0 aliphatic carbocycles. The summed E-state index contributed by atoms with van der Waals surface area (Å²) in [7, 11) is 0. The van der Waals surface area contributed by atoms with Gasteiger partial charge in [0.25, 0.3) is 0 Å². The number of H-pyrrole nitrogens is 1. The van der Waals surface area contributed by atoms with Crippen LogP contribution < -0.4 is 0 Å². The summed E-state index contributed by atoms with van der Waals surface area (Å²) >= 11 is 5.50. The van der Waals surface area contributed by atoms with E-state index >= 15 is 0 Å². The van der Waals surface area contributed by atoms with E-state index in [0.717, 1.165) is 10.3 Å².